The molecule has 0 bridgehead atoms. The lowest BCUT2D eigenvalue weighted by molar-refractivity contribution is -0.130. The van der Waals surface area contributed by atoms with Crippen LogP contribution in [-0.4, -0.2) is 24.3 Å². The molecular formula is C15H20N2O2. The summed E-state index contributed by atoms with van der Waals surface area (Å²) in [6.07, 6.45) is 3.24. The molecule has 1 saturated heterocycles. The molecule has 4 heteroatoms. The highest BCUT2D eigenvalue weighted by molar-refractivity contribution is 6.01. The highest BCUT2D eigenvalue weighted by Crippen LogP contribution is 2.12. The monoisotopic (exact) mass is 260 g/mol. The number of carbonyl (C=O) groups excluding carboxylic acids is 1. The molecule has 1 aliphatic heterocycles. The zero-order chi connectivity index (χ0) is 13.5. The van der Waals surface area contributed by atoms with Gasteiger partial charge in [0.05, 0.1) is 5.71 Å². The first kappa shape index (κ1) is 13.7. The van der Waals surface area contributed by atoms with E-state index in [1.54, 1.807) is 0 Å². The molecule has 19 heavy (non-hydrogen) atoms. The minimum absolute atomic E-state index is 0.137. The second-order valence-electron chi connectivity index (χ2n) is 4.65. The molecule has 1 aromatic carbocycles. The third-order valence-corrected chi connectivity index (χ3v) is 3.12. The van der Waals surface area contributed by atoms with E-state index in [2.05, 4.69) is 17.5 Å². The minimum atomic E-state index is -0.331. The van der Waals surface area contributed by atoms with Crippen molar-refractivity contribution in [3.63, 3.8) is 0 Å². The summed E-state index contributed by atoms with van der Waals surface area (Å²) in [5.41, 5.74) is 4.60. The van der Waals surface area contributed by atoms with E-state index >= 15 is 0 Å². The van der Waals surface area contributed by atoms with Crippen LogP contribution in [0.25, 0.3) is 0 Å². The van der Waals surface area contributed by atoms with Crippen LogP contribution >= 0.6 is 0 Å². The third-order valence-electron chi connectivity index (χ3n) is 3.12. The highest BCUT2D eigenvalue weighted by atomic mass is 16.5. The van der Waals surface area contributed by atoms with Gasteiger partial charge in [-0.2, -0.15) is 5.10 Å². The highest BCUT2D eigenvalue weighted by Gasteiger charge is 2.23. The molecule has 102 valence electrons. The van der Waals surface area contributed by atoms with Crippen molar-refractivity contribution in [2.75, 3.05) is 6.61 Å². The zero-order valence-corrected chi connectivity index (χ0v) is 11.3. The van der Waals surface area contributed by atoms with E-state index in [9.17, 15) is 4.79 Å². The Kier molecular flexibility index (Phi) is 5.10. The predicted molar refractivity (Wildman–Crippen MR) is 75.0 cm³/mol. The number of hydrazone groups is 1. The van der Waals surface area contributed by atoms with Gasteiger partial charge in [0.1, 0.15) is 6.10 Å². The van der Waals surface area contributed by atoms with Gasteiger partial charge in [-0.05, 0) is 24.8 Å². The summed E-state index contributed by atoms with van der Waals surface area (Å²) in [5, 5.41) is 4.27. The van der Waals surface area contributed by atoms with E-state index in [0.717, 1.165) is 37.0 Å². The van der Waals surface area contributed by atoms with E-state index < -0.39 is 0 Å². The number of carbonyl (C=O) groups is 1. The molecule has 0 saturated carbocycles. The number of hydrogen-bond acceptors (Lipinski definition) is 3. The quantitative estimate of drug-likeness (QED) is 0.653. The Morgan fingerprint density at radius 1 is 1.42 bits per heavy atom. The number of nitrogens with zero attached hydrogens (tertiary/aromatic N) is 1. The molecule has 0 spiro atoms. The third kappa shape index (κ3) is 3.89. The fourth-order valence-electron chi connectivity index (χ4n) is 2.11. The molecule has 2 rings (SSSR count). The Bertz CT molecular complexity index is 437. The first-order valence-electron chi connectivity index (χ1n) is 6.84. The van der Waals surface area contributed by atoms with Crippen LogP contribution in [0.1, 0.15) is 38.2 Å². The van der Waals surface area contributed by atoms with E-state index in [1.165, 1.54) is 0 Å². The second-order valence-corrected chi connectivity index (χ2v) is 4.65. The molecule has 0 aliphatic carbocycles. The standard InChI is InChI=1S/C15H20N2O2/c1-2-7-13(12-8-4-3-5-9-12)16-17-15(18)14-10-6-11-19-14/h3-5,8-9,14H,2,6-7,10-11H2,1H3,(H,17,18)/b16-13+/t14-/m0/s1. The lowest BCUT2D eigenvalue weighted by Gasteiger charge is -2.09. The molecule has 1 atom stereocenters. The van der Waals surface area contributed by atoms with Crippen LogP contribution in [0.2, 0.25) is 0 Å². The number of hydrogen-bond donors (Lipinski definition) is 1. The Morgan fingerprint density at radius 2 is 2.21 bits per heavy atom. The Labute approximate surface area is 113 Å². The van der Waals surface area contributed by atoms with Gasteiger partial charge in [0.15, 0.2) is 0 Å². The first-order chi connectivity index (χ1) is 9.31. The minimum Gasteiger partial charge on any atom is -0.368 e. The summed E-state index contributed by atoms with van der Waals surface area (Å²) in [7, 11) is 0. The first-order valence-corrected chi connectivity index (χ1v) is 6.84. The van der Waals surface area contributed by atoms with Crippen molar-refractivity contribution in [2.24, 2.45) is 5.10 Å². The van der Waals surface area contributed by atoms with Gasteiger partial charge in [-0.1, -0.05) is 43.7 Å². The average molecular weight is 260 g/mol. The van der Waals surface area contributed by atoms with Crippen LogP contribution in [0.5, 0.6) is 0 Å². The average Bonchev–Trinajstić information content (AvgIpc) is 2.98. The molecule has 0 unspecified atom stereocenters. The van der Waals surface area contributed by atoms with E-state index in [-0.39, 0.29) is 12.0 Å². The van der Waals surface area contributed by atoms with Crippen molar-refractivity contribution in [1.82, 2.24) is 5.43 Å². The smallest absolute Gasteiger partial charge is 0.269 e. The van der Waals surface area contributed by atoms with Gasteiger partial charge in [0, 0.05) is 6.61 Å². The van der Waals surface area contributed by atoms with Gasteiger partial charge >= 0.3 is 0 Å². The van der Waals surface area contributed by atoms with Crippen molar-refractivity contribution in [3.8, 4) is 0 Å². The second kappa shape index (κ2) is 7.04. The van der Waals surface area contributed by atoms with Gasteiger partial charge in [-0.3, -0.25) is 4.79 Å². The summed E-state index contributed by atoms with van der Waals surface area (Å²) in [6, 6.07) is 9.93. The van der Waals surface area contributed by atoms with Gasteiger partial charge < -0.3 is 4.74 Å². The number of amides is 1. The van der Waals surface area contributed by atoms with Crippen molar-refractivity contribution < 1.29 is 9.53 Å². The maximum Gasteiger partial charge on any atom is 0.269 e. The van der Waals surface area contributed by atoms with Crippen LogP contribution in [0.4, 0.5) is 0 Å². The number of nitrogens with one attached hydrogen (secondary N) is 1. The normalized spacial score (nSPS) is 19.4. The molecule has 1 aliphatic rings. The van der Waals surface area contributed by atoms with E-state index in [0.29, 0.717) is 6.61 Å². The van der Waals surface area contributed by atoms with Crippen LogP contribution in [0.3, 0.4) is 0 Å². The summed E-state index contributed by atoms with van der Waals surface area (Å²) in [5.74, 6) is -0.137. The van der Waals surface area contributed by atoms with Crippen LogP contribution in [0, 0.1) is 0 Å². The van der Waals surface area contributed by atoms with Crippen LogP contribution in [0.15, 0.2) is 35.4 Å². The van der Waals surface area contributed by atoms with Gasteiger partial charge in [-0.25, -0.2) is 5.43 Å². The Hall–Kier alpha value is -1.68. The number of benzene rings is 1. The van der Waals surface area contributed by atoms with Crippen LogP contribution < -0.4 is 5.43 Å². The fraction of sp³-hybridized carbons (Fsp3) is 0.467. The van der Waals surface area contributed by atoms with Gasteiger partial charge in [0.2, 0.25) is 0 Å². The van der Waals surface area contributed by atoms with E-state index in [1.807, 2.05) is 30.3 Å². The fourth-order valence-corrected chi connectivity index (χ4v) is 2.11. The predicted octanol–water partition coefficient (Wildman–Crippen LogP) is 2.49. The summed E-state index contributed by atoms with van der Waals surface area (Å²) < 4.78 is 5.33. The molecular weight excluding hydrogens is 240 g/mol. The van der Waals surface area contributed by atoms with Gasteiger partial charge in [-0.15, -0.1) is 0 Å². The van der Waals surface area contributed by atoms with Gasteiger partial charge in [0.25, 0.3) is 5.91 Å². The van der Waals surface area contributed by atoms with Crippen molar-refractivity contribution in [2.45, 2.75) is 38.7 Å². The maximum absolute atomic E-state index is 11.8. The summed E-state index contributed by atoms with van der Waals surface area (Å²) >= 11 is 0. The van der Waals surface area contributed by atoms with E-state index in [4.69, 9.17) is 4.74 Å². The zero-order valence-electron chi connectivity index (χ0n) is 11.3. The molecule has 1 amide bonds. The van der Waals surface area contributed by atoms with Crippen molar-refractivity contribution >= 4 is 11.6 Å². The molecule has 1 heterocycles. The van der Waals surface area contributed by atoms with Crippen molar-refractivity contribution in [3.05, 3.63) is 35.9 Å². The molecule has 0 radical (unpaired) electrons. The Balaban J connectivity index is 2.02. The maximum atomic E-state index is 11.8. The summed E-state index contributed by atoms with van der Waals surface area (Å²) in [6.45, 7) is 2.77. The SMILES string of the molecule is CCC/C(=N\NC(=O)[C@@H]1CCCO1)c1ccccc1. The lowest BCUT2D eigenvalue weighted by atomic mass is 10.1. The lowest BCUT2D eigenvalue weighted by Crippen LogP contribution is -2.31. The molecule has 1 fully saturated rings. The molecule has 1 aromatic rings. The Morgan fingerprint density at radius 3 is 2.84 bits per heavy atom. The van der Waals surface area contributed by atoms with Crippen molar-refractivity contribution in [1.29, 1.82) is 0 Å². The molecule has 4 nitrogen and oxygen atoms in total. The van der Waals surface area contributed by atoms with Crippen LogP contribution in [-0.2, 0) is 9.53 Å². The number of ether oxygens (including phenoxy) is 1. The number of rotatable bonds is 5. The summed E-state index contributed by atoms with van der Waals surface area (Å²) in [4.78, 5) is 11.8. The topological polar surface area (TPSA) is 50.7 Å². The molecule has 1 N–H and O–H groups in total. The molecule has 0 aromatic heterocycles. The largest absolute Gasteiger partial charge is 0.368 e.